The number of piperidine rings is 1. The molecule has 5 rings (SSSR count). The van der Waals surface area contributed by atoms with E-state index < -0.39 is 12.1 Å². The number of carbonyl (C=O) groups is 2. The molecule has 0 aliphatic carbocycles. The lowest BCUT2D eigenvalue weighted by Gasteiger charge is -2.40. The van der Waals surface area contributed by atoms with Gasteiger partial charge in [-0.15, -0.1) is 0 Å². The van der Waals surface area contributed by atoms with Crippen LogP contribution in [0.2, 0.25) is 5.02 Å². The van der Waals surface area contributed by atoms with E-state index in [2.05, 4.69) is 24.3 Å². The molecule has 0 bridgehead atoms. The number of fused-ring (bicyclic) bond motifs is 1. The van der Waals surface area contributed by atoms with Crippen molar-refractivity contribution in [3.05, 3.63) is 113 Å². The van der Waals surface area contributed by atoms with E-state index in [-0.39, 0.29) is 31.8 Å². The minimum atomic E-state index is -1.18. The van der Waals surface area contributed by atoms with E-state index >= 15 is 0 Å². The van der Waals surface area contributed by atoms with Crippen molar-refractivity contribution in [2.45, 2.75) is 25.0 Å². The molecule has 0 saturated carbocycles. The number of hydrogen-bond acceptors (Lipinski definition) is 6. The zero-order valence-electron chi connectivity index (χ0n) is 21.8. The molecule has 0 aromatic heterocycles. The largest absolute Gasteiger partial charge is 0.530 e. The third-order valence-corrected chi connectivity index (χ3v) is 7.41. The molecular formula is C32H29ClNO6-. The molecule has 40 heavy (non-hydrogen) atoms. The first kappa shape index (κ1) is 27.5. The Balaban J connectivity index is 1.18. The molecule has 0 spiro atoms. The quantitative estimate of drug-likeness (QED) is 0.201. The van der Waals surface area contributed by atoms with Gasteiger partial charge in [0.25, 0.3) is 0 Å². The Morgan fingerprint density at radius 1 is 0.900 bits per heavy atom. The van der Waals surface area contributed by atoms with Gasteiger partial charge in [-0.2, -0.15) is 0 Å². The monoisotopic (exact) mass is 558 g/mol. The first-order valence-electron chi connectivity index (χ1n) is 13.2. The third-order valence-electron chi connectivity index (χ3n) is 7.08. The van der Waals surface area contributed by atoms with Crippen LogP contribution < -0.4 is 9.84 Å². The summed E-state index contributed by atoms with van der Waals surface area (Å²) in [6.45, 7) is 1.28. The van der Waals surface area contributed by atoms with Gasteiger partial charge in [-0.3, -0.25) is 0 Å². The topological polar surface area (TPSA) is 88.1 Å². The summed E-state index contributed by atoms with van der Waals surface area (Å²) in [5.41, 5.74) is 2.39. The number of carbonyl (C=O) groups excluding carboxylic acids is 2. The summed E-state index contributed by atoms with van der Waals surface area (Å²) in [5, 5.41) is 14.2. The predicted molar refractivity (Wildman–Crippen MR) is 151 cm³/mol. The second kappa shape index (κ2) is 12.9. The number of esters is 1. The summed E-state index contributed by atoms with van der Waals surface area (Å²) in [6.07, 6.45) is -0.889. The molecule has 1 aliphatic heterocycles. The van der Waals surface area contributed by atoms with Crippen LogP contribution in [0.15, 0.2) is 91.0 Å². The Hall–Kier alpha value is -4.07. The standard InChI is InChI=1S/C32H30ClNO6/c33-29-8-4-3-7-28(29)31(35)39-18-17-38-26-13-11-24(12-14-26)27-15-16-34(32(36)37)20-30(27)40-21-22-9-10-23-5-1-2-6-25(23)19-22/h1-14,19,27,30H,15-18,20-21H2,(H,36,37)/p-1. The van der Waals surface area contributed by atoms with E-state index in [0.29, 0.717) is 35.9 Å². The van der Waals surface area contributed by atoms with Crippen LogP contribution >= 0.6 is 11.6 Å². The number of amides is 1. The molecule has 1 fully saturated rings. The Kier molecular flexibility index (Phi) is 8.84. The summed E-state index contributed by atoms with van der Waals surface area (Å²) in [4.78, 5) is 25.1. The molecule has 4 aromatic rings. The molecule has 1 heterocycles. The van der Waals surface area contributed by atoms with Crippen molar-refractivity contribution in [2.75, 3.05) is 26.3 Å². The number of halogens is 1. The van der Waals surface area contributed by atoms with Crippen molar-refractivity contribution in [1.82, 2.24) is 4.90 Å². The smallest absolute Gasteiger partial charge is 0.339 e. The van der Waals surface area contributed by atoms with Crippen molar-refractivity contribution in [2.24, 2.45) is 0 Å². The van der Waals surface area contributed by atoms with E-state index in [0.717, 1.165) is 21.9 Å². The highest BCUT2D eigenvalue weighted by Crippen LogP contribution is 2.32. The minimum Gasteiger partial charge on any atom is -0.530 e. The first-order valence-corrected chi connectivity index (χ1v) is 13.6. The predicted octanol–water partition coefficient (Wildman–Crippen LogP) is 5.45. The molecular weight excluding hydrogens is 530 g/mol. The Bertz CT molecular complexity index is 1470. The molecule has 1 amide bonds. The highest BCUT2D eigenvalue weighted by Gasteiger charge is 2.31. The van der Waals surface area contributed by atoms with E-state index in [1.165, 1.54) is 4.90 Å². The van der Waals surface area contributed by atoms with Crippen LogP contribution in [-0.2, 0) is 16.1 Å². The fourth-order valence-electron chi connectivity index (χ4n) is 4.97. The Morgan fingerprint density at radius 2 is 1.65 bits per heavy atom. The molecule has 206 valence electrons. The second-order valence-corrected chi connectivity index (χ2v) is 10.1. The van der Waals surface area contributed by atoms with Gasteiger partial charge in [0.15, 0.2) is 0 Å². The highest BCUT2D eigenvalue weighted by atomic mass is 35.5. The van der Waals surface area contributed by atoms with Crippen LogP contribution in [0.25, 0.3) is 10.8 Å². The van der Waals surface area contributed by atoms with Crippen LogP contribution in [0.4, 0.5) is 4.79 Å². The van der Waals surface area contributed by atoms with E-state index in [9.17, 15) is 14.7 Å². The van der Waals surface area contributed by atoms with Gasteiger partial charge in [-0.05, 0) is 58.7 Å². The van der Waals surface area contributed by atoms with Crippen LogP contribution in [0.1, 0.15) is 33.8 Å². The molecule has 2 unspecified atom stereocenters. The number of nitrogens with zero attached hydrogens (tertiary/aromatic N) is 1. The van der Waals surface area contributed by atoms with Gasteiger partial charge < -0.3 is 29.0 Å². The maximum absolute atomic E-state index is 12.2. The Morgan fingerprint density at radius 3 is 2.42 bits per heavy atom. The summed E-state index contributed by atoms with van der Waals surface area (Å²) >= 11 is 6.04. The lowest BCUT2D eigenvalue weighted by molar-refractivity contribution is -0.268. The molecule has 1 saturated heterocycles. The zero-order chi connectivity index (χ0) is 27.9. The van der Waals surface area contributed by atoms with Gasteiger partial charge >= 0.3 is 5.97 Å². The molecule has 0 N–H and O–H groups in total. The number of benzene rings is 4. The van der Waals surface area contributed by atoms with Crippen LogP contribution in [-0.4, -0.2) is 49.4 Å². The number of hydrogen-bond donors (Lipinski definition) is 0. The third kappa shape index (κ3) is 6.73. The SMILES string of the molecule is O=C(OCCOc1ccc(C2CCN(C(=O)[O-])CC2OCc2ccc3ccccc3c2)cc1)c1ccccc1Cl. The van der Waals surface area contributed by atoms with E-state index in [1.807, 2.05) is 42.5 Å². The summed E-state index contributed by atoms with van der Waals surface area (Å²) in [7, 11) is 0. The molecule has 0 radical (unpaired) electrons. The highest BCUT2D eigenvalue weighted by molar-refractivity contribution is 6.33. The van der Waals surface area contributed by atoms with Gasteiger partial charge in [-0.1, -0.05) is 72.3 Å². The fourth-order valence-corrected chi connectivity index (χ4v) is 5.19. The van der Waals surface area contributed by atoms with Gasteiger partial charge in [0.2, 0.25) is 0 Å². The average Bonchev–Trinajstić information content (AvgIpc) is 2.98. The van der Waals surface area contributed by atoms with E-state index in [4.69, 9.17) is 25.8 Å². The molecule has 1 aliphatic rings. The molecule has 7 nitrogen and oxygen atoms in total. The normalized spacial score (nSPS) is 17.0. The average molecular weight is 559 g/mol. The summed E-state index contributed by atoms with van der Waals surface area (Å²) in [5.74, 6) is 0.155. The van der Waals surface area contributed by atoms with Gasteiger partial charge in [0.1, 0.15) is 25.1 Å². The molecule has 2 atom stereocenters. The van der Waals surface area contributed by atoms with E-state index in [1.54, 1.807) is 24.3 Å². The number of rotatable bonds is 9. The lowest BCUT2D eigenvalue weighted by Crippen LogP contribution is -2.51. The van der Waals surface area contributed by atoms with Crippen LogP contribution in [0, 0.1) is 0 Å². The fraction of sp³-hybridized carbons (Fsp3) is 0.250. The molecule has 8 heteroatoms. The van der Waals surface area contributed by atoms with Crippen LogP contribution in [0.3, 0.4) is 0 Å². The number of carboxylic acid groups (broad SMARTS) is 1. The Labute approximate surface area is 237 Å². The van der Waals surface area contributed by atoms with Crippen LogP contribution in [0.5, 0.6) is 5.75 Å². The number of likely N-dealkylation sites (tertiary alicyclic amines) is 1. The second-order valence-electron chi connectivity index (χ2n) is 9.67. The van der Waals surface area contributed by atoms with Crippen molar-refractivity contribution < 1.29 is 28.9 Å². The van der Waals surface area contributed by atoms with Crippen molar-refractivity contribution >= 4 is 34.4 Å². The lowest BCUT2D eigenvalue weighted by atomic mass is 9.87. The van der Waals surface area contributed by atoms with Gasteiger partial charge in [0, 0.05) is 19.0 Å². The minimum absolute atomic E-state index is 0.0154. The first-order chi connectivity index (χ1) is 19.5. The van der Waals surface area contributed by atoms with Crippen molar-refractivity contribution in [3.63, 3.8) is 0 Å². The summed E-state index contributed by atoms with van der Waals surface area (Å²) < 4.78 is 17.3. The molecule has 4 aromatic carbocycles. The maximum atomic E-state index is 12.2. The van der Waals surface area contributed by atoms with Crippen molar-refractivity contribution in [1.29, 1.82) is 0 Å². The number of ether oxygens (including phenoxy) is 3. The zero-order valence-corrected chi connectivity index (χ0v) is 22.6. The summed E-state index contributed by atoms with van der Waals surface area (Å²) in [6, 6.07) is 28.7. The maximum Gasteiger partial charge on any atom is 0.339 e. The van der Waals surface area contributed by atoms with Crippen molar-refractivity contribution in [3.8, 4) is 5.75 Å². The van der Waals surface area contributed by atoms with Gasteiger partial charge in [0.05, 0.1) is 23.3 Å². The van der Waals surface area contributed by atoms with Gasteiger partial charge in [-0.25, -0.2) is 4.79 Å².